The Balaban J connectivity index is 1.79. The van der Waals surface area contributed by atoms with Crippen LogP contribution in [0.4, 0.5) is 5.13 Å². The van der Waals surface area contributed by atoms with Gasteiger partial charge in [-0.15, -0.1) is 22.7 Å². The largest absolute Gasteiger partial charge is 0.297 e. The predicted molar refractivity (Wildman–Crippen MR) is 91.6 cm³/mol. The SMILES string of the molecule is Cc1csc(NC(=O)c2cc3c(=O)n4ccccc4nc3s2)n1. The Kier molecular flexibility index (Phi) is 3.21. The van der Waals surface area contributed by atoms with Crippen LogP contribution in [0, 0.1) is 6.92 Å². The molecule has 6 nitrogen and oxygen atoms in total. The molecule has 4 rings (SSSR count). The minimum atomic E-state index is -0.282. The molecule has 0 aliphatic rings. The Morgan fingerprint density at radius 1 is 1.30 bits per heavy atom. The molecule has 0 atom stereocenters. The van der Waals surface area contributed by atoms with Crippen LogP contribution in [0.3, 0.4) is 0 Å². The van der Waals surface area contributed by atoms with Crippen molar-refractivity contribution in [2.45, 2.75) is 6.92 Å². The van der Waals surface area contributed by atoms with Gasteiger partial charge in [0.1, 0.15) is 10.5 Å². The molecule has 23 heavy (non-hydrogen) atoms. The first kappa shape index (κ1) is 14.0. The number of nitrogens with zero attached hydrogens (tertiary/aromatic N) is 3. The smallest absolute Gasteiger partial charge is 0.267 e. The van der Waals surface area contributed by atoms with Crippen molar-refractivity contribution in [3.05, 3.63) is 56.8 Å². The lowest BCUT2D eigenvalue weighted by Gasteiger charge is -1.97. The summed E-state index contributed by atoms with van der Waals surface area (Å²) >= 11 is 2.57. The maximum atomic E-state index is 12.5. The van der Waals surface area contributed by atoms with E-state index < -0.39 is 0 Å². The van der Waals surface area contributed by atoms with E-state index in [-0.39, 0.29) is 11.5 Å². The minimum absolute atomic E-state index is 0.175. The van der Waals surface area contributed by atoms with E-state index in [1.807, 2.05) is 18.4 Å². The van der Waals surface area contributed by atoms with Crippen LogP contribution in [0.1, 0.15) is 15.4 Å². The first-order chi connectivity index (χ1) is 11.1. The van der Waals surface area contributed by atoms with Crippen LogP contribution in [0.25, 0.3) is 15.9 Å². The number of anilines is 1. The van der Waals surface area contributed by atoms with Gasteiger partial charge in [0, 0.05) is 11.6 Å². The number of thiophene rings is 1. The number of hydrogen-bond donors (Lipinski definition) is 1. The highest BCUT2D eigenvalue weighted by Crippen LogP contribution is 2.24. The summed E-state index contributed by atoms with van der Waals surface area (Å²) in [6, 6.07) is 6.94. The number of aromatic nitrogens is 3. The Bertz CT molecular complexity index is 1110. The van der Waals surface area contributed by atoms with Crippen molar-refractivity contribution in [2.24, 2.45) is 0 Å². The standard InChI is InChI=1S/C15H10N4O2S2/c1-8-7-22-15(16-8)18-12(20)10-6-9-13(23-10)17-11-4-2-3-5-19(11)14(9)21/h2-7H,1H3,(H,16,18,20). The molecular weight excluding hydrogens is 332 g/mol. The lowest BCUT2D eigenvalue weighted by atomic mass is 10.3. The van der Waals surface area contributed by atoms with Crippen LogP contribution in [0.2, 0.25) is 0 Å². The number of carbonyl (C=O) groups excluding carboxylic acids is 1. The molecule has 0 bridgehead atoms. The fourth-order valence-electron chi connectivity index (χ4n) is 2.23. The number of fused-ring (bicyclic) bond motifs is 2. The quantitative estimate of drug-likeness (QED) is 0.608. The number of hydrogen-bond acceptors (Lipinski definition) is 6. The molecule has 1 amide bonds. The van der Waals surface area contributed by atoms with Crippen LogP contribution in [-0.2, 0) is 0 Å². The van der Waals surface area contributed by atoms with Crippen LogP contribution in [0.5, 0.6) is 0 Å². The maximum Gasteiger partial charge on any atom is 0.267 e. The summed E-state index contributed by atoms with van der Waals surface area (Å²) in [6.45, 7) is 1.86. The van der Waals surface area contributed by atoms with Gasteiger partial charge < -0.3 is 0 Å². The summed E-state index contributed by atoms with van der Waals surface area (Å²) in [7, 11) is 0. The van der Waals surface area contributed by atoms with E-state index in [1.54, 1.807) is 24.4 Å². The van der Waals surface area contributed by atoms with E-state index in [4.69, 9.17) is 0 Å². The number of amides is 1. The van der Waals surface area contributed by atoms with Crippen LogP contribution >= 0.6 is 22.7 Å². The van der Waals surface area contributed by atoms with Crippen LogP contribution < -0.4 is 10.9 Å². The van der Waals surface area contributed by atoms with Gasteiger partial charge in [-0.05, 0) is 25.1 Å². The van der Waals surface area contributed by atoms with Gasteiger partial charge in [0.2, 0.25) is 0 Å². The Labute approximate surface area is 138 Å². The molecule has 0 aromatic carbocycles. The molecule has 0 spiro atoms. The monoisotopic (exact) mass is 342 g/mol. The zero-order valence-electron chi connectivity index (χ0n) is 11.9. The molecular formula is C15H10N4O2S2. The van der Waals surface area contributed by atoms with Crippen LogP contribution in [0.15, 0.2) is 40.6 Å². The average molecular weight is 342 g/mol. The van der Waals surface area contributed by atoms with Gasteiger partial charge in [-0.2, -0.15) is 0 Å². The third-order valence-electron chi connectivity index (χ3n) is 3.28. The number of pyridine rings is 1. The number of aryl methyl sites for hydroxylation is 1. The number of rotatable bonds is 2. The van der Waals surface area contributed by atoms with E-state index in [2.05, 4.69) is 15.3 Å². The topological polar surface area (TPSA) is 76.4 Å². The van der Waals surface area contributed by atoms with Crippen LogP contribution in [-0.4, -0.2) is 20.3 Å². The first-order valence-corrected chi connectivity index (χ1v) is 8.46. The molecule has 0 fully saturated rings. The molecule has 0 saturated heterocycles. The highest BCUT2D eigenvalue weighted by molar-refractivity contribution is 7.20. The maximum absolute atomic E-state index is 12.5. The van der Waals surface area contributed by atoms with Crippen molar-refractivity contribution in [2.75, 3.05) is 5.32 Å². The summed E-state index contributed by atoms with van der Waals surface area (Å²) in [5.41, 5.74) is 1.24. The van der Waals surface area contributed by atoms with Gasteiger partial charge >= 0.3 is 0 Å². The Morgan fingerprint density at radius 2 is 2.17 bits per heavy atom. The lowest BCUT2D eigenvalue weighted by Crippen LogP contribution is -2.13. The van der Waals surface area contributed by atoms with Gasteiger partial charge in [-0.25, -0.2) is 9.97 Å². The molecule has 0 aliphatic carbocycles. The van der Waals surface area contributed by atoms with Gasteiger partial charge in [0.25, 0.3) is 11.5 Å². The second-order valence-corrected chi connectivity index (χ2v) is 6.81. The molecule has 8 heteroatoms. The van der Waals surface area contributed by atoms with Crippen molar-refractivity contribution in [3.8, 4) is 0 Å². The molecule has 4 aromatic heterocycles. The number of carbonyl (C=O) groups is 1. The highest BCUT2D eigenvalue weighted by Gasteiger charge is 2.15. The fraction of sp³-hybridized carbons (Fsp3) is 0.0667. The lowest BCUT2D eigenvalue weighted by molar-refractivity contribution is 0.103. The van der Waals surface area contributed by atoms with Crippen molar-refractivity contribution < 1.29 is 4.79 Å². The van der Waals surface area contributed by atoms with Gasteiger partial charge in [0.15, 0.2) is 5.13 Å². The summed E-state index contributed by atoms with van der Waals surface area (Å²) in [5, 5.41) is 5.59. The van der Waals surface area contributed by atoms with Gasteiger partial charge in [-0.3, -0.25) is 19.3 Å². The third-order valence-corrected chi connectivity index (χ3v) is 5.18. The third kappa shape index (κ3) is 2.41. The van der Waals surface area contributed by atoms with E-state index in [0.717, 1.165) is 5.69 Å². The van der Waals surface area contributed by atoms with Crippen molar-refractivity contribution in [3.63, 3.8) is 0 Å². The zero-order valence-corrected chi connectivity index (χ0v) is 13.6. The zero-order chi connectivity index (χ0) is 16.0. The minimum Gasteiger partial charge on any atom is -0.297 e. The number of nitrogens with one attached hydrogen (secondary N) is 1. The predicted octanol–water partition coefficient (Wildman–Crippen LogP) is 2.93. The normalized spacial score (nSPS) is 11.2. The second-order valence-electron chi connectivity index (χ2n) is 4.92. The second kappa shape index (κ2) is 5.25. The molecule has 4 aromatic rings. The van der Waals surface area contributed by atoms with E-state index >= 15 is 0 Å². The van der Waals surface area contributed by atoms with Crippen molar-refractivity contribution in [1.29, 1.82) is 0 Å². The molecule has 4 heterocycles. The Morgan fingerprint density at radius 3 is 2.96 bits per heavy atom. The Hall–Kier alpha value is -2.58. The van der Waals surface area contributed by atoms with Gasteiger partial charge in [-0.1, -0.05) is 6.07 Å². The van der Waals surface area contributed by atoms with E-state index in [0.29, 0.717) is 25.9 Å². The summed E-state index contributed by atoms with van der Waals surface area (Å²) in [5.74, 6) is -0.282. The van der Waals surface area contributed by atoms with Gasteiger partial charge in [0.05, 0.1) is 16.0 Å². The molecule has 0 aliphatic heterocycles. The summed E-state index contributed by atoms with van der Waals surface area (Å²) in [6.07, 6.45) is 1.67. The number of thiazole rings is 1. The van der Waals surface area contributed by atoms with E-state index in [1.165, 1.54) is 27.1 Å². The average Bonchev–Trinajstić information content (AvgIpc) is 3.14. The summed E-state index contributed by atoms with van der Waals surface area (Å²) in [4.78, 5) is 34.4. The van der Waals surface area contributed by atoms with Crippen molar-refractivity contribution >= 4 is 49.6 Å². The molecule has 0 unspecified atom stereocenters. The molecule has 0 saturated carbocycles. The molecule has 1 N–H and O–H groups in total. The first-order valence-electron chi connectivity index (χ1n) is 6.76. The molecule has 0 radical (unpaired) electrons. The molecule has 114 valence electrons. The fourth-order valence-corrected chi connectivity index (χ4v) is 3.84. The highest BCUT2D eigenvalue weighted by atomic mass is 32.1. The van der Waals surface area contributed by atoms with E-state index in [9.17, 15) is 9.59 Å². The summed E-state index contributed by atoms with van der Waals surface area (Å²) < 4.78 is 1.47. The van der Waals surface area contributed by atoms with Crippen molar-refractivity contribution in [1.82, 2.24) is 14.4 Å².